The van der Waals surface area contributed by atoms with Gasteiger partial charge < -0.3 is 9.47 Å². The smallest absolute Gasteiger partial charge is 0.168 e. The first kappa shape index (κ1) is 18.7. The summed E-state index contributed by atoms with van der Waals surface area (Å²) in [6.07, 6.45) is 0. The third-order valence-corrected chi connectivity index (χ3v) is 4.73. The SMILES string of the molecule is CCOc1ccc(-c2nnc(-c3ccc(C)cc3)n2-c2ccc(OC)cc2)cc1. The van der Waals surface area contributed by atoms with Crippen LogP contribution in [0.1, 0.15) is 12.5 Å². The Morgan fingerprint density at radius 1 is 0.724 bits per heavy atom. The molecule has 0 saturated carbocycles. The normalized spacial score (nSPS) is 10.7. The number of rotatable bonds is 6. The van der Waals surface area contributed by atoms with Crippen molar-refractivity contribution < 1.29 is 9.47 Å². The first-order valence-electron chi connectivity index (χ1n) is 9.59. The second-order valence-corrected chi connectivity index (χ2v) is 6.70. The Kier molecular flexibility index (Phi) is 5.29. The van der Waals surface area contributed by atoms with E-state index >= 15 is 0 Å². The van der Waals surface area contributed by atoms with E-state index in [1.54, 1.807) is 7.11 Å². The van der Waals surface area contributed by atoms with Crippen LogP contribution in [0.2, 0.25) is 0 Å². The van der Waals surface area contributed by atoms with E-state index in [1.807, 2.05) is 55.5 Å². The summed E-state index contributed by atoms with van der Waals surface area (Å²) < 4.78 is 12.9. The highest BCUT2D eigenvalue weighted by Gasteiger charge is 2.17. The van der Waals surface area contributed by atoms with Crippen LogP contribution in [0.15, 0.2) is 72.8 Å². The Labute approximate surface area is 170 Å². The van der Waals surface area contributed by atoms with Crippen molar-refractivity contribution in [3.05, 3.63) is 78.4 Å². The summed E-state index contributed by atoms with van der Waals surface area (Å²) in [4.78, 5) is 0. The van der Waals surface area contributed by atoms with Gasteiger partial charge in [0.1, 0.15) is 11.5 Å². The van der Waals surface area contributed by atoms with Crippen LogP contribution in [0.3, 0.4) is 0 Å². The summed E-state index contributed by atoms with van der Waals surface area (Å²) in [6, 6.07) is 24.1. The summed E-state index contributed by atoms with van der Waals surface area (Å²) in [5.74, 6) is 3.21. The molecule has 0 spiro atoms. The lowest BCUT2D eigenvalue weighted by Crippen LogP contribution is -2.01. The molecular formula is C24H23N3O2. The molecule has 0 aliphatic heterocycles. The van der Waals surface area contributed by atoms with E-state index in [0.717, 1.165) is 40.0 Å². The lowest BCUT2D eigenvalue weighted by Gasteiger charge is -2.12. The van der Waals surface area contributed by atoms with Crippen LogP contribution in [-0.2, 0) is 0 Å². The molecule has 1 heterocycles. The van der Waals surface area contributed by atoms with Crippen molar-refractivity contribution in [3.63, 3.8) is 0 Å². The van der Waals surface area contributed by atoms with Gasteiger partial charge in [0.25, 0.3) is 0 Å². The molecule has 5 heteroatoms. The minimum atomic E-state index is 0.638. The van der Waals surface area contributed by atoms with Gasteiger partial charge in [-0.3, -0.25) is 4.57 Å². The highest BCUT2D eigenvalue weighted by molar-refractivity contribution is 5.67. The maximum atomic E-state index is 5.57. The quantitative estimate of drug-likeness (QED) is 0.451. The first-order valence-corrected chi connectivity index (χ1v) is 9.59. The largest absolute Gasteiger partial charge is 0.497 e. The van der Waals surface area contributed by atoms with E-state index in [-0.39, 0.29) is 0 Å². The zero-order valence-corrected chi connectivity index (χ0v) is 16.8. The highest BCUT2D eigenvalue weighted by Crippen LogP contribution is 2.30. The van der Waals surface area contributed by atoms with Crippen molar-refractivity contribution in [1.29, 1.82) is 0 Å². The molecule has 146 valence electrons. The van der Waals surface area contributed by atoms with Crippen LogP contribution in [0.25, 0.3) is 28.5 Å². The summed E-state index contributed by atoms with van der Waals surface area (Å²) in [7, 11) is 1.66. The zero-order chi connectivity index (χ0) is 20.2. The Balaban J connectivity index is 1.85. The fourth-order valence-corrected chi connectivity index (χ4v) is 3.20. The Hall–Kier alpha value is -3.60. The molecule has 4 aromatic rings. The van der Waals surface area contributed by atoms with E-state index < -0.39 is 0 Å². The van der Waals surface area contributed by atoms with Crippen LogP contribution >= 0.6 is 0 Å². The van der Waals surface area contributed by atoms with Crippen LogP contribution < -0.4 is 9.47 Å². The van der Waals surface area contributed by atoms with Gasteiger partial charge in [0.05, 0.1) is 13.7 Å². The van der Waals surface area contributed by atoms with Crippen molar-refractivity contribution in [3.8, 4) is 40.0 Å². The minimum Gasteiger partial charge on any atom is -0.497 e. The van der Waals surface area contributed by atoms with Crippen LogP contribution in [0, 0.1) is 6.92 Å². The Bertz CT molecular complexity index is 1080. The maximum absolute atomic E-state index is 5.57. The predicted octanol–water partition coefficient (Wildman–Crippen LogP) is 5.32. The van der Waals surface area contributed by atoms with E-state index in [0.29, 0.717) is 6.61 Å². The van der Waals surface area contributed by atoms with Crippen molar-refractivity contribution in [2.24, 2.45) is 0 Å². The molecule has 0 N–H and O–H groups in total. The third-order valence-electron chi connectivity index (χ3n) is 4.73. The molecule has 0 amide bonds. The average molecular weight is 385 g/mol. The Morgan fingerprint density at radius 3 is 1.76 bits per heavy atom. The number of aryl methyl sites for hydroxylation is 1. The second-order valence-electron chi connectivity index (χ2n) is 6.70. The topological polar surface area (TPSA) is 49.2 Å². The number of benzene rings is 3. The summed E-state index contributed by atoms with van der Waals surface area (Å²) in [6.45, 7) is 4.68. The summed E-state index contributed by atoms with van der Waals surface area (Å²) >= 11 is 0. The van der Waals surface area contributed by atoms with E-state index in [1.165, 1.54) is 5.56 Å². The van der Waals surface area contributed by atoms with Gasteiger partial charge in [0.2, 0.25) is 0 Å². The van der Waals surface area contributed by atoms with E-state index in [2.05, 4.69) is 46.0 Å². The minimum absolute atomic E-state index is 0.638. The molecule has 0 atom stereocenters. The van der Waals surface area contributed by atoms with Gasteiger partial charge in [-0.15, -0.1) is 10.2 Å². The second kappa shape index (κ2) is 8.19. The van der Waals surface area contributed by atoms with Crippen molar-refractivity contribution in [2.45, 2.75) is 13.8 Å². The Morgan fingerprint density at radius 2 is 1.24 bits per heavy atom. The zero-order valence-electron chi connectivity index (χ0n) is 16.8. The van der Waals surface area contributed by atoms with Gasteiger partial charge in [-0.05, 0) is 62.4 Å². The number of methoxy groups -OCH3 is 1. The number of hydrogen-bond donors (Lipinski definition) is 0. The van der Waals surface area contributed by atoms with Gasteiger partial charge in [-0.25, -0.2) is 0 Å². The molecule has 1 aromatic heterocycles. The van der Waals surface area contributed by atoms with Gasteiger partial charge in [0.15, 0.2) is 11.6 Å². The fourth-order valence-electron chi connectivity index (χ4n) is 3.20. The molecule has 3 aromatic carbocycles. The van der Waals surface area contributed by atoms with Crippen molar-refractivity contribution in [1.82, 2.24) is 14.8 Å². The average Bonchev–Trinajstić information content (AvgIpc) is 3.20. The van der Waals surface area contributed by atoms with Gasteiger partial charge in [-0.1, -0.05) is 29.8 Å². The summed E-state index contributed by atoms with van der Waals surface area (Å²) in [5.41, 5.74) is 4.15. The number of hydrogen-bond acceptors (Lipinski definition) is 4. The molecule has 0 fully saturated rings. The molecule has 0 saturated heterocycles. The highest BCUT2D eigenvalue weighted by atomic mass is 16.5. The van der Waals surface area contributed by atoms with Crippen LogP contribution in [0.4, 0.5) is 0 Å². The van der Waals surface area contributed by atoms with Crippen molar-refractivity contribution in [2.75, 3.05) is 13.7 Å². The van der Waals surface area contributed by atoms with E-state index in [9.17, 15) is 0 Å². The lowest BCUT2D eigenvalue weighted by molar-refractivity contribution is 0.340. The van der Waals surface area contributed by atoms with Crippen LogP contribution in [0.5, 0.6) is 11.5 Å². The van der Waals surface area contributed by atoms with Gasteiger partial charge in [-0.2, -0.15) is 0 Å². The molecule has 0 unspecified atom stereocenters. The fraction of sp³-hybridized carbons (Fsp3) is 0.167. The molecular weight excluding hydrogens is 362 g/mol. The summed E-state index contributed by atoms with van der Waals surface area (Å²) in [5, 5.41) is 9.04. The van der Waals surface area contributed by atoms with E-state index in [4.69, 9.17) is 9.47 Å². The standard InChI is InChI=1S/C24H23N3O2/c1-4-29-22-13-9-19(10-14-22)24-26-25-23(18-7-5-17(2)6-8-18)27(24)20-11-15-21(28-3)16-12-20/h5-16H,4H2,1-3H3. The molecule has 5 nitrogen and oxygen atoms in total. The molecule has 4 rings (SSSR count). The van der Waals surface area contributed by atoms with Crippen molar-refractivity contribution >= 4 is 0 Å². The van der Waals surface area contributed by atoms with Gasteiger partial charge >= 0.3 is 0 Å². The monoisotopic (exact) mass is 385 g/mol. The number of nitrogens with zero attached hydrogens (tertiary/aromatic N) is 3. The number of aromatic nitrogens is 3. The van der Waals surface area contributed by atoms with Gasteiger partial charge in [0, 0.05) is 16.8 Å². The molecule has 0 radical (unpaired) electrons. The first-order chi connectivity index (χ1) is 14.2. The molecule has 0 aliphatic rings. The predicted molar refractivity (Wildman–Crippen MR) is 115 cm³/mol. The molecule has 0 bridgehead atoms. The third kappa shape index (κ3) is 3.85. The maximum Gasteiger partial charge on any atom is 0.168 e. The van der Waals surface area contributed by atoms with Crippen LogP contribution in [-0.4, -0.2) is 28.5 Å². The molecule has 29 heavy (non-hydrogen) atoms. The lowest BCUT2D eigenvalue weighted by atomic mass is 10.1. The molecule has 0 aliphatic carbocycles. The number of ether oxygens (including phenoxy) is 2.